The summed E-state index contributed by atoms with van der Waals surface area (Å²) in [6.07, 6.45) is 3.90. The Morgan fingerprint density at radius 1 is 1.21 bits per heavy atom. The number of aryl methyl sites for hydroxylation is 1. The molecular weight excluding hydrogens is 358 g/mol. The summed E-state index contributed by atoms with van der Waals surface area (Å²) >= 11 is 0. The van der Waals surface area contributed by atoms with Crippen molar-refractivity contribution in [2.45, 2.75) is 33.2 Å². The van der Waals surface area contributed by atoms with E-state index in [1.54, 1.807) is 6.20 Å². The van der Waals surface area contributed by atoms with E-state index in [9.17, 15) is 0 Å². The van der Waals surface area contributed by atoms with Crippen molar-refractivity contribution in [2.75, 3.05) is 18.0 Å². The lowest BCUT2D eigenvalue weighted by molar-refractivity contribution is 0.575. The van der Waals surface area contributed by atoms with Crippen LogP contribution in [0.25, 0.3) is 11.1 Å². The molecule has 0 amide bonds. The van der Waals surface area contributed by atoms with E-state index < -0.39 is 0 Å². The predicted molar refractivity (Wildman–Crippen MR) is 123 cm³/mol. The molecule has 5 nitrogen and oxygen atoms in total. The highest BCUT2D eigenvalue weighted by Gasteiger charge is 2.25. The molecular formula is C24H33N5. The van der Waals surface area contributed by atoms with Crippen molar-refractivity contribution in [1.29, 1.82) is 0 Å². The fourth-order valence-electron chi connectivity index (χ4n) is 3.90. The molecule has 2 aromatic rings. The largest absolute Gasteiger partial charge is 0.400 e. The third-order valence-corrected chi connectivity index (χ3v) is 5.63. The summed E-state index contributed by atoms with van der Waals surface area (Å²) in [6, 6.07) is 15.4. The SMILES string of the molecule is C=C1CC(CC)CN1c1ccc(-c2ccc(CNC/C(N)=C/NN)cc2)cc1C. The van der Waals surface area contributed by atoms with E-state index in [4.69, 9.17) is 11.6 Å². The van der Waals surface area contributed by atoms with Gasteiger partial charge in [0.2, 0.25) is 0 Å². The molecule has 0 aromatic heterocycles. The normalized spacial score (nSPS) is 17.1. The number of allylic oxidation sites excluding steroid dienone is 1. The molecule has 1 unspecified atom stereocenters. The molecule has 1 aliphatic heterocycles. The molecule has 1 fully saturated rings. The number of hydrazine groups is 1. The van der Waals surface area contributed by atoms with Gasteiger partial charge in [-0.2, -0.15) is 0 Å². The zero-order valence-corrected chi connectivity index (χ0v) is 17.5. The van der Waals surface area contributed by atoms with Gasteiger partial charge < -0.3 is 21.4 Å². The number of benzene rings is 2. The number of nitrogens with one attached hydrogen (secondary N) is 2. The van der Waals surface area contributed by atoms with Crippen LogP contribution in [0, 0.1) is 12.8 Å². The Labute approximate surface area is 174 Å². The molecule has 2 aromatic carbocycles. The van der Waals surface area contributed by atoms with Gasteiger partial charge in [-0.1, -0.05) is 50.3 Å². The van der Waals surface area contributed by atoms with Crippen LogP contribution in [0.2, 0.25) is 0 Å². The van der Waals surface area contributed by atoms with Crippen molar-refractivity contribution < 1.29 is 0 Å². The minimum absolute atomic E-state index is 0.591. The van der Waals surface area contributed by atoms with E-state index in [1.165, 1.54) is 40.1 Å². The number of nitrogens with zero attached hydrogens (tertiary/aromatic N) is 1. The molecule has 1 atom stereocenters. The number of nitrogens with two attached hydrogens (primary N) is 2. The lowest BCUT2D eigenvalue weighted by atomic mass is 10.0. The maximum absolute atomic E-state index is 5.79. The second-order valence-corrected chi connectivity index (χ2v) is 7.84. The molecule has 0 bridgehead atoms. The average Bonchev–Trinajstić information content (AvgIpc) is 3.09. The highest BCUT2D eigenvalue weighted by molar-refractivity contribution is 5.70. The van der Waals surface area contributed by atoms with Gasteiger partial charge in [0.25, 0.3) is 0 Å². The van der Waals surface area contributed by atoms with Gasteiger partial charge in [-0.3, -0.25) is 5.84 Å². The summed E-state index contributed by atoms with van der Waals surface area (Å²) in [4.78, 5) is 2.39. The van der Waals surface area contributed by atoms with Crippen LogP contribution in [0.5, 0.6) is 0 Å². The first-order valence-electron chi connectivity index (χ1n) is 10.3. The monoisotopic (exact) mass is 391 g/mol. The first-order valence-corrected chi connectivity index (χ1v) is 10.3. The lowest BCUT2D eigenvalue weighted by Crippen LogP contribution is -2.24. The van der Waals surface area contributed by atoms with Crippen molar-refractivity contribution in [2.24, 2.45) is 17.5 Å². The lowest BCUT2D eigenvalue weighted by Gasteiger charge is -2.22. The molecule has 0 radical (unpaired) electrons. The van der Waals surface area contributed by atoms with E-state index in [2.05, 4.69) is 78.5 Å². The van der Waals surface area contributed by atoms with Gasteiger partial charge in [0.15, 0.2) is 0 Å². The van der Waals surface area contributed by atoms with Crippen LogP contribution in [-0.2, 0) is 6.54 Å². The smallest absolute Gasteiger partial charge is 0.0438 e. The molecule has 0 aliphatic carbocycles. The van der Waals surface area contributed by atoms with Gasteiger partial charge in [0.1, 0.15) is 0 Å². The van der Waals surface area contributed by atoms with Crippen LogP contribution in [0.3, 0.4) is 0 Å². The highest BCUT2D eigenvalue weighted by Crippen LogP contribution is 2.35. The number of anilines is 1. The second-order valence-electron chi connectivity index (χ2n) is 7.84. The number of hydrogen-bond acceptors (Lipinski definition) is 5. The van der Waals surface area contributed by atoms with E-state index in [-0.39, 0.29) is 0 Å². The van der Waals surface area contributed by atoms with Gasteiger partial charge in [-0.25, -0.2) is 0 Å². The minimum atomic E-state index is 0.591. The topological polar surface area (TPSA) is 79.3 Å². The van der Waals surface area contributed by atoms with Crippen LogP contribution in [0.15, 0.2) is 66.6 Å². The Balaban J connectivity index is 1.66. The zero-order valence-electron chi connectivity index (χ0n) is 17.5. The van der Waals surface area contributed by atoms with Crippen LogP contribution in [0.1, 0.15) is 30.9 Å². The molecule has 1 saturated heterocycles. The van der Waals surface area contributed by atoms with Crippen molar-refractivity contribution in [1.82, 2.24) is 10.7 Å². The molecule has 3 rings (SSSR count). The van der Waals surface area contributed by atoms with Crippen LogP contribution < -0.4 is 27.2 Å². The zero-order chi connectivity index (χ0) is 20.8. The van der Waals surface area contributed by atoms with Gasteiger partial charge in [-0.15, -0.1) is 0 Å². The summed E-state index contributed by atoms with van der Waals surface area (Å²) in [5, 5.41) is 3.30. The fourth-order valence-corrected chi connectivity index (χ4v) is 3.90. The minimum Gasteiger partial charge on any atom is -0.400 e. The quantitative estimate of drug-likeness (QED) is 0.407. The molecule has 1 heterocycles. The Morgan fingerprint density at radius 2 is 1.93 bits per heavy atom. The van der Waals surface area contributed by atoms with Crippen molar-refractivity contribution in [3.63, 3.8) is 0 Å². The summed E-state index contributed by atoms with van der Waals surface area (Å²) < 4.78 is 0. The van der Waals surface area contributed by atoms with Gasteiger partial charge in [0, 0.05) is 42.9 Å². The van der Waals surface area contributed by atoms with Gasteiger partial charge in [-0.05, 0) is 53.6 Å². The van der Waals surface area contributed by atoms with Gasteiger partial charge >= 0.3 is 0 Å². The maximum Gasteiger partial charge on any atom is 0.0438 e. The average molecular weight is 392 g/mol. The van der Waals surface area contributed by atoms with E-state index in [0.717, 1.165) is 25.4 Å². The Kier molecular flexibility index (Phi) is 6.96. The van der Waals surface area contributed by atoms with Gasteiger partial charge in [0.05, 0.1) is 0 Å². The summed E-state index contributed by atoms with van der Waals surface area (Å²) in [5.74, 6) is 5.94. The summed E-state index contributed by atoms with van der Waals surface area (Å²) in [6.45, 7) is 11.2. The van der Waals surface area contributed by atoms with E-state index in [1.807, 2.05) is 0 Å². The fraction of sp³-hybridized carbons (Fsp3) is 0.333. The molecule has 29 heavy (non-hydrogen) atoms. The Hall–Kier alpha value is -2.76. The third-order valence-electron chi connectivity index (χ3n) is 5.63. The summed E-state index contributed by atoms with van der Waals surface area (Å²) in [5.41, 5.74) is 16.4. The third kappa shape index (κ3) is 5.19. The standard InChI is InChI=1S/C24H33N5/c1-4-19-12-18(3)29(16-19)24-10-9-22(11-17(24)2)21-7-5-20(6-8-21)13-27-14-23(25)15-28-26/h5-11,15,19,27-28H,3-4,12-14,16,25-26H2,1-2H3/b23-15-. The van der Waals surface area contributed by atoms with Crippen LogP contribution in [0.4, 0.5) is 5.69 Å². The molecule has 6 N–H and O–H groups in total. The maximum atomic E-state index is 5.79. The highest BCUT2D eigenvalue weighted by atomic mass is 15.2. The Bertz CT molecular complexity index is 869. The first kappa shape index (κ1) is 21.0. The van der Waals surface area contributed by atoms with Crippen LogP contribution >= 0.6 is 0 Å². The molecule has 0 spiro atoms. The van der Waals surface area contributed by atoms with Crippen LogP contribution in [-0.4, -0.2) is 13.1 Å². The van der Waals surface area contributed by atoms with E-state index in [0.29, 0.717) is 12.2 Å². The molecule has 154 valence electrons. The number of hydrogen-bond donors (Lipinski definition) is 4. The molecule has 0 saturated carbocycles. The first-order chi connectivity index (χ1) is 14.0. The predicted octanol–water partition coefficient (Wildman–Crippen LogP) is 3.77. The second kappa shape index (κ2) is 9.63. The number of rotatable bonds is 8. The van der Waals surface area contributed by atoms with Crippen molar-refractivity contribution >= 4 is 5.69 Å². The summed E-state index contributed by atoms with van der Waals surface area (Å²) in [7, 11) is 0. The Morgan fingerprint density at radius 3 is 2.55 bits per heavy atom. The van der Waals surface area contributed by atoms with E-state index >= 15 is 0 Å². The van der Waals surface area contributed by atoms with Crippen molar-refractivity contribution in [3.05, 3.63) is 77.8 Å². The molecule has 5 heteroatoms. The van der Waals surface area contributed by atoms with Crippen molar-refractivity contribution in [3.8, 4) is 11.1 Å². The molecule has 1 aliphatic rings.